The fourth-order valence-electron chi connectivity index (χ4n) is 0.764. The van der Waals surface area contributed by atoms with E-state index in [1.807, 2.05) is 0 Å². The average molecular weight is 219 g/mol. The Hall–Kier alpha value is -1.14. The van der Waals surface area contributed by atoms with Gasteiger partial charge in [0.2, 0.25) is 5.54 Å². The number of rotatable bonds is 3. The Morgan fingerprint density at radius 3 is 2.00 bits per heavy atom. The van der Waals surface area contributed by atoms with Gasteiger partial charge in [-0.15, -0.1) is 0 Å². The van der Waals surface area contributed by atoms with Crippen LogP contribution in [0.3, 0.4) is 0 Å². The van der Waals surface area contributed by atoms with Crippen LogP contribution < -0.4 is 5.73 Å². The third kappa shape index (κ3) is 3.49. The van der Waals surface area contributed by atoms with Gasteiger partial charge >= 0.3 is 11.9 Å². The summed E-state index contributed by atoms with van der Waals surface area (Å²) in [4.78, 5) is 22.7. The molecule has 6 heteroatoms. The Bertz CT molecular complexity index is 258. The largest absolute Gasteiger partial charge is 0.467 e. The zero-order valence-corrected chi connectivity index (χ0v) is 9.36. The van der Waals surface area contributed by atoms with Crippen LogP contribution in [0.5, 0.6) is 0 Å². The molecule has 15 heavy (non-hydrogen) atoms. The third-order valence-corrected chi connectivity index (χ3v) is 1.56. The number of nitrogens with two attached hydrogens (primary N) is 1. The maximum atomic E-state index is 11.5. The number of carbonyl (C=O) groups is 2. The van der Waals surface area contributed by atoms with Crippen LogP contribution in [0, 0.1) is 0 Å². The van der Waals surface area contributed by atoms with E-state index in [1.165, 1.54) is 0 Å². The molecule has 0 fully saturated rings. The zero-order chi connectivity index (χ0) is 12.3. The molecular weight excluding hydrogens is 202 g/mol. The quantitative estimate of drug-likeness (QED) is 0.476. The van der Waals surface area contributed by atoms with Crippen molar-refractivity contribution < 1.29 is 24.2 Å². The molecule has 0 aliphatic carbocycles. The second-order valence-corrected chi connectivity index (χ2v) is 4.12. The average Bonchev–Trinajstić information content (AvgIpc) is 2.12. The summed E-state index contributed by atoms with van der Waals surface area (Å²) in [7, 11) is 1.07. The lowest BCUT2D eigenvalue weighted by Crippen LogP contribution is -2.60. The molecule has 0 unspecified atom stereocenters. The number of ether oxygens (including phenoxy) is 2. The highest BCUT2D eigenvalue weighted by Gasteiger charge is 2.46. The fourth-order valence-corrected chi connectivity index (χ4v) is 0.764. The minimum atomic E-state index is -2.15. The smallest absolute Gasteiger partial charge is 0.340 e. The summed E-state index contributed by atoms with van der Waals surface area (Å²) in [5, 5.41) is 8.93. The number of hydrogen-bond acceptors (Lipinski definition) is 6. The van der Waals surface area contributed by atoms with Gasteiger partial charge in [-0.2, -0.15) is 0 Å². The topological polar surface area (TPSA) is 98.9 Å². The Kier molecular flexibility index (Phi) is 4.24. The minimum absolute atomic E-state index is 0.787. The highest BCUT2D eigenvalue weighted by atomic mass is 16.6. The molecule has 0 amide bonds. The predicted octanol–water partition coefficient (Wildman–Crippen LogP) is -0.809. The van der Waals surface area contributed by atoms with E-state index in [9.17, 15) is 9.59 Å². The first-order valence-corrected chi connectivity index (χ1v) is 4.39. The third-order valence-electron chi connectivity index (χ3n) is 1.56. The van der Waals surface area contributed by atoms with E-state index in [2.05, 4.69) is 4.74 Å². The minimum Gasteiger partial charge on any atom is -0.467 e. The molecule has 0 aromatic heterocycles. The number of aliphatic hydroxyl groups is 1. The van der Waals surface area contributed by atoms with Crippen LogP contribution in [-0.4, -0.2) is 41.9 Å². The van der Waals surface area contributed by atoms with Crippen LogP contribution in [0.15, 0.2) is 0 Å². The first-order chi connectivity index (χ1) is 6.67. The highest BCUT2D eigenvalue weighted by molar-refractivity contribution is 6.04. The number of hydrogen-bond donors (Lipinski definition) is 2. The van der Waals surface area contributed by atoms with E-state index < -0.39 is 29.7 Å². The molecule has 6 nitrogen and oxygen atoms in total. The molecule has 0 aliphatic heterocycles. The standard InChI is InChI=1S/C9H17NO5/c1-8(2,3)15-7(13)9(10,5-11)6(12)14-4/h11H,5,10H2,1-4H3/t9-/m0/s1. The Labute approximate surface area is 88.3 Å². The molecule has 3 N–H and O–H groups in total. The van der Waals surface area contributed by atoms with Crippen LogP contribution in [0.25, 0.3) is 0 Å². The molecule has 0 rings (SSSR count). The summed E-state index contributed by atoms with van der Waals surface area (Å²) in [5.41, 5.74) is 2.47. The molecule has 0 radical (unpaired) electrons. The van der Waals surface area contributed by atoms with Crippen molar-refractivity contribution in [3.8, 4) is 0 Å². The normalized spacial score (nSPS) is 15.3. The van der Waals surface area contributed by atoms with Crippen LogP contribution in [0.2, 0.25) is 0 Å². The lowest BCUT2D eigenvalue weighted by Gasteiger charge is -2.27. The van der Waals surface area contributed by atoms with Crippen molar-refractivity contribution in [3.63, 3.8) is 0 Å². The first kappa shape index (κ1) is 13.9. The SMILES string of the molecule is COC(=O)[C@@](N)(CO)C(=O)OC(C)(C)C. The Morgan fingerprint density at radius 1 is 1.27 bits per heavy atom. The van der Waals surface area contributed by atoms with Gasteiger partial charge in [0.1, 0.15) is 5.60 Å². The van der Waals surface area contributed by atoms with Crippen molar-refractivity contribution in [3.05, 3.63) is 0 Å². The van der Waals surface area contributed by atoms with Crippen molar-refractivity contribution in [1.82, 2.24) is 0 Å². The molecule has 0 aromatic rings. The summed E-state index contributed by atoms with van der Waals surface area (Å²) in [5.74, 6) is -2.04. The van der Waals surface area contributed by atoms with Gasteiger partial charge in [0.15, 0.2) is 0 Å². The van der Waals surface area contributed by atoms with E-state index in [1.54, 1.807) is 20.8 Å². The van der Waals surface area contributed by atoms with Crippen LogP contribution in [0.1, 0.15) is 20.8 Å². The molecule has 0 aromatic carbocycles. The van der Waals surface area contributed by atoms with Gasteiger partial charge < -0.3 is 20.3 Å². The van der Waals surface area contributed by atoms with E-state index in [4.69, 9.17) is 15.6 Å². The number of aliphatic hydroxyl groups excluding tert-OH is 1. The van der Waals surface area contributed by atoms with E-state index in [0.717, 1.165) is 7.11 Å². The van der Waals surface area contributed by atoms with Crippen molar-refractivity contribution in [2.24, 2.45) is 5.73 Å². The Balaban J connectivity index is 4.82. The van der Waals surface area contributed by atoms with Gasteiger partial charge in [-0.25, -0.2) is 9.59 Å². The van der Waals surface area contributed by atoms with Gasteiger partial charge in [-0.1, -0.05) is 0 Å². The molecule has 0 spiro atoms. The first-order valence-electron chi connectivity index (χ1n) is 4.39. The predicted molar refractivity (Wildman–Crippen MR) is 51.9 cm³/mol. The Morgan fingerprint density at radius 2 is 1.73 bits per heavy atom. The fraction of sp³-hybridized carbons (Fsp3) is 0.778. The van der Waals surface area contributed by atoms with Crippen molar-refractivity contribution >= 4 is 11.9 Å². The van der Waals surface area contributed by atoms with Gasteiger partial charge in [-0.3, -0.25) is 0 Å². The molecule has 0 saturated carbocycles. The highest BCUT2D eigenvalue weighted by Crippen LogP contribution is 2.13. The molecular formula is C9H17NO5. The van der Waals surface area contributed by atoms with Crippen LogP contribution >= 0.6 is 0 Å². The maximum absolute atomic E-state index is 11.5. The monoisotopic (exact) mass is 219 g/mol. The molecule has 0 aliphatic rings. The van der Waals surface area contributed by atoms with Gasteiger partial charge in [-0.05, 0) is 20.8 Å². The van der Waals surface area contributed by atoms with Gasteiger partial charge in [0.05, 0.1) is 13.7 Å². The molecule has 88 valence electrons. The summed E-state index contributed by atoms with van der Waals surface area (Å²) in [6, 6.07) is 0. The number of carbonyl (C=O) groups excluding carboxylic acids is 2. The van der Waals surface area contributed by atoms with Crippen LogP contribution in [-0.2, 0) is 19.1 Å². The van der Waals surface area contributed by atoms with Crippen molar-refractivity contribution in [2.75, 3.05) is 13.7 Å². The van der Waals surface area contributed by atoms with E-state index in [-0.39, 0.29) is 0 Å². The second-order valence-electron chi connectivity index (χ2n) is 4.12. The van der Waals surface area contributed by atoms with Gasteiger partial charge in [0.25, 0.3) is 0 Å². The number of methoxy groups -OCH3 is 1. The molecule has 0 saturated heterocycles. The molecule has 0 bridgehead atoms. The summed E-state index contributed by atoms with van der Waals surface area (Å²) in [6.07, 6.45) is 0. The van der Waals surface area contributed by atoms with Crippen molar-refractivity contribution in [1.29, 1.82) is 0 Å². The molecule has 0 heterocycles. The summed E-state index contributed by atoms with van der Waals surface area (Å²) < 4.78 is 9.21. The van der Waals surface area contributed by atoms with Crippen LogP contribution in [0.4, 0.5) is 0 Å². The second kappa shape index (κ2) is 4.59. The van der Waals surface area contributed by atoms with E-state index >= 15 is 0 Å². The van der Waals surface area contributed by atoms with Crippen molar-refractivity contribution in [2.45, 2.75) is 31.9 Å². The van der Waals surface area contributed by atoms with Gasteiger partial charge in [0, 0.05) is 0 Å². The number of esters is 2. The zero-order valence-electron chi connectivity index (χ0n) is 9.36. The lowest BCUT2D eigenvalue weighted by molar-refractivity contribution is -0.172. The van der Waals surface area contributed by atoms with E-state index in [0.29, 0.717) is 0 Å². The summed E-state index contributed by atoms with van der Waals surface area (Å²) >= 11 is 0. The molecule has 1 atom stereocenters. The summed E-state index contributed by atoms with van der Waals surface area (Å²) in [6.45, 7) is 4.01. The lowest BCUT2D eigenvalue weighted by atomic mass is 10.0. The maximum Gasteiger partial charge on any atom is 0.340 e.